The van der Waals surface area contributed by atoms with Crippen molar-refractivity contribution in [1.29, 1.82) is 0 Å². The molecule has 0 aliphatic carbocycles. The zero-order valence-corrected chi connectivity index (χ0v) is 21.6. The van der Waals surface area contributed by atoms with Crippen molar-refractivity contribution in [1.82, 2.24) is 0 Å². The molecule has 0 aliphatic rings. The minimum absolute atomic E-state index is 0.431. The standard InChI is InChI=1S/C28H30S2Se/c1-2-3-4-5-6-7-8-9-11-24-16-22-14-20-15-23-19-28(25-12-10-13-29-25)31-27(23)18-21(20)17-26(22)30-24/h10,12-19H,2-9,11H2,1H3. The number of aryl methyl sites for hydroxylation is 1. The molecule has 0 unspecified atom stereocenters. The van der Waals surface area contributed by atoms with Crippen molar-refractivity contribution in [2.45, 2.75) is 64.7 Å². The van der Waals surface area contributed by atoms with Crippen LogP contribution in [0.3, 0.4) is 0 Å². The first-order valence-corrected chi connectivity index (χ1v) is 15.1. The van der Waals surface area contributed by atoms with Gasteiger partial charge < -0.3 is 0 Å². The molecule has 0 aliphatic heterocycles. The van der Waals surface area contributed by atoms with Gasteiger partial charge in [-0.3, -0.25) is 0 Å². The zero-order chi connectivity index (χ0) is 21.0. The van der Waals surface area contributed by atoms with Crippen molar-refractivity contribution >= 4 is 67.7 Å². The second-order valence-electron chi connectivity index (χ2n) is 8.65. The summed E-state index contributed by atoms with van der Waals surface area (Å²) in [6.07, 6.45) is 12.4. The monoisotopic (exact) mass is 510 g/mol. The Labute approximate surface area is 199 Å². The Morgan fingerprint density at radius 2 is 1.52 bits per heavy atom. The summed E-state index contributed by atoms with van der Waals surface area (Å²) in [5.41, 5.74) is 0. The summed E-state index contributed by atoms with van der Waals surface area (Å²) < 4.78 is 4.53. The van der Waals surface area contributed by atoms with Gasteiger partial charge in [0.05, 0.1) is 0 Å². The van der Waals surface area contributed by atoms with Crippen LogP contribution >= 0.6 is 22.7 Å². The van der Waals surface area contributed by atoms with Crippen molar-refractivity contribution in [2.24, 2.45) is 0 Å². The summed E-state index contributed by atoms with van der Waals surface area (Å²) in [5, 5.41) is 7.85. The van der Waals surface area contributed by atoms with Crippen LogP contribution in [-0.2, 0) is 6.42 Å². The third kappa shape index (κ3) is 5.01. The van der Waals surface area contributed by atoms with Gasteiger partial charge in [-0.2, -0.15) is 0 Å². The molecule has 0 atom stereocenters. The van der Waals surface area contributed by atoms with E-state index < -0.39 is 0 Å². The van der Waals surface area contributed by atoms with E-state index in [4.69, 9.17) is 0 Å². The third-order valence-electron chi connectivity index (χ3n) is 6.20. The molecule has 0 saturated heterocycles. The fourth-order valence-electron chi connectivity index (χ4n) is 4.48. The van der Waals surface area contributed by atoms with E-state index in [1.165, 1.54) is 93.3 Å². The average Bonchev–Trinajstić information content (AvgIpc) is 3.51. The molecule has 0 spiro atoms. The maximum atomic E-state index is 2.46. The molecule has 0 fully saturated rings. The second kappa shape index (κ2) is 10.0. The first kappa shape index (κ1) is 21.5. The SMILES string of the molecule is CCCCCCCCCCc1cc2cc3cc4cc(-c5cccs5)[se]c4cc3cc2s1. The van der Waals surface area contributed by atoms with Gasteiger partial charge in [0.1, 0.15) is 0 Å². The van der Waals surface area contributed by atoms with Crippen LogP contribution in [0.4, 0.5) is 0 Å². The molecule has 0 radical (unpaired) electrons. The fourth-order valence-corrected chi connectivity index (χ4v) is 8.89. The molecule has 160 valence electrons. The van der Waals surface area contributed by atoms with Crippen molar-refractivity contribution in [3.05, 3.63) is 58.8 Å². The van der Waals surface area contributed by atoms with Gasteiger partial charge >= 0.3 is 168 Å². The van der Waals surface area contributed by atoms with Gasteiger partial charge in [0.15, 0.2) is 0 Å². The molecular weight excluding hydrogens is 479 g/mol. The summed E-state index contributed by atoms with van der Waals surface area (Å²) in [6, 6.07) is 19.0. The van der Waals surface area contributed by atoms with Crippen molar-refractivity contribution in [2.75, 3.05) is 0 Å². The zero-order valence-electron chi connectivity index (χ0n) is 18.3. The molecule has 0 amide bonds. The Kier molecular flexibility index (Phi) is 6.96. The second-order valence-corrected chi connectivity index (χ2v) is 13.0. The number of rotatable bonds is 10. The van der Waals surface area contributed by atoms with Crippen molar-refractivity contribution in [3.8, 4) is 9.31 Å². The van der Waals surface area contributed by atoms with E-state index in [1.807, 2.05) is 22.7 Å². The molecule has 3 aromatic heterocycles. The molecule has 3 heteroatoms. The van der Waals surface area contributed by atoms with Gasteiger partial charge in [-0.25, -0.2) is 0 Å². The summed E-state index contributed by atoms with van der Waals surface area (Å²) in [6.45, 7) is 2.29. The number of thiophene rings is 2. The van der Waals surface area contributed by atoms with E-state index in [2.05, 4.69) is 60.8 Å². The number of benzene rings is 2. The number of fused-ring (bicyclic) bond motifs is 3. The molecule has 0 N–H and O–H groups in total. The number of hydrogen-bond donors (Lipinski definition) is 0. The molecule has 31 heavy (non-hydrogen) atoms. The van der Waals surface area contributed by atoms with Gasteiger partial charge in [0.2, 0.25) is 0 Å². The number of unbranched alkanes of at least 4 members (excludes halogenated alkanes) is 7. The first-order valence-electron chi connectivity index (χ1n) is 11.7. The van der Waals surface area contributed by atoms with E-state index in [0.29, 0.717) is 14.5 Å². The van der Waals surface area contributed by atoms with Gasteiger partial charge in [0.25, 0.3) is 0 Å². The van der Waals surface area contributed by atoms with Crippen LogP contribution in [-0.4, -0.2) is 14.5 Å². The minimum atomic E-state index is 0.431. The van der Waals surface area contributed by atoms with E-state index in [9.17, 15) is 0 Å². The summed E-state index contributed by atoms with van der Waals surface area (Å²) in [5.74, 6) is 0. The predicted octanol–water partition coefficient (Wildman–Crippen LogP) is 9.68. The predicted molar refractivity (Wildman–Crippen MR) is 143 cm³/mol. The molecule has 0 saturated carbocycles. The topological polar surface area (TPSA) is 0 Å². The molecule has 2 aromatic carbocycles. The van der Waals surface area contributed by atoms with Crippen LogP contribution in [0.15, 0.2) is 53.9 Å². The van der Waals surface area contributed by atoms with Gasteiger partial charge in [-0.15, -0.1) is 0 Å². The van der Waals surface area contributed by atoms with E-state index >= 15 is 0 Å². The van der Waals surface area contributed by atoms with E-state index in [-0.39, 0.29) is 0 Å². The molecule has 5 aromatic rings. The van der Waals surface area contributed by atoms with E-state index in [0.717, 1.165) is 0 Å². The third-order valence-corrected chi connectivity index (χ3v) is 10.9. The Balaban J connectivity index is 1.28. The van der Waals surface area contributed by atoms with Crippen molar-refractivity contribution in [3.63, 3.8) is 0 Å². The summed E-state index contributed by atoms with van der Waals surface area (Å²) in [4.78, 5) is 3.00. The number of hydrogen-bond acceptors (Lipinski definition) is 2. The normalized spacial score (nSPS) is 11.9. The van der Waals surface area contributed by atoms with Crippen LogP contribution in [0.2, 0.25) is 0 Å². The quantitative estimate of drug-likeness (QED) is 0.130. The Morgan fingerprint density at radius 1 is 0.742 bits per heavy atom. The van der Waals surface area contributed by atoms with Crippen LogP contribution in [0, 0.1) is 0 Å². The fraction of sp³-hybridized carbons (Fsp3) is 0.357. The van der Waals surface area contributed by atoms with Crippen LogP contribution in [0.1, 0.15) is 63.2 Å². The Hall–Kier alpha value is -1.38. The maximum absolute atomic E-state index is 2.46. The molecule has 5 rings (SSSR count). The van der Waals surface area contributed by atoms with Gasteiger partial charge in [-0.1, -0.05) is 32.6 Å². The summed E-state index contributed by atoms with van der Waals surface area (Å²) in [7, 11) is 0. The van der Waals surface area contributed by atoms with Crippen molar-refractivity contribution < 1.29 is 0 Å². The first-order chi connectivity index (χ1) is 15.3. The Morgan fingerprint density at radius 3 is 2.32 bits per heavy atom. The van der Waals surface area contributed by atoms with Crippen LogP contribution in [0.5, 0.6) is 0 Å². The van der Waals surface area contributed by atoms with Gasteiger partial charge in [-0.05, 0) is 0 Å². The van der Waals surface area contributed by atoms with Gasteiger partial charge in [0, 0.05) is 0 Å². The van der Waals surface area contributed by atoms with Crippen LogP contribution in [0.25, 0.3) is 39.8 Å². The molecule has 0 nitrogen and oxygen atoms in total. The molecule has 3 heterocycles. The van der Waals surface area contributed by atoms with Crippen LogP contribution < -0.4 is 0 Å². The molecule has 0 bridgehead atoms. The summed E-state index contributed by atoms with van der Waals surface area (Å²) >= 11 is 4.31. The van der Waals surface area contributed by atoms with E-state index in [1.54, 1.807) is 9.14 Å². The Bertz CT molecular complexity index is 1200. The average molecular weight is 510 g/mol. The molecular formula is C28H30S2Se.